The van der Waals surface area contributed by atoms with Gasteiger partial charge in [-0.15, -0.1) is 0 Å². The van der Waals surface area contributed by atoms with E-state index in [0.29, 0.717) is 23.4 Å². The van der Waals surface area contributed by atoms with Crippen molar-refractivity contribution in [2.24, 2.45) is 0 Å². The topological polar surface area (TPSA) is 69.9 Å². The fraction of sp³-hybridized carbons (Fsp3) is 0.571. The second kappa shape index (κ2) is 5.19. The molecule has 2 rings (SSSR count). The van der Waals surface area contributed by atoms with Crippen LogP contribution in [-0.2, 0) is 12.0 Å². The highest BCUT2D eigenvalue weighted by atomic mass is 16.5. The minimum atomic E-state index is -0.319. The highest BCUT2D eigenvalue weighted by Crippen LogP contribution is 2.19. The number of hydrogen-bond donors (Lipinski definition) is 0. The molecule has 20 heavy (non-hydrogen) atoms. The molecule has 6 heteroatoms. The lowest BCUT2D eigenvalue weighted by Crippen LogP contribution is -2.33. The molecule has 0 aliphatic rings. The highest BCUT2D eigenvalue weighted by Gasteiger charge is 2.23. The monoisotopic (exact) mass is 276 g/mol. The van der Waals surface area contributed by atoms with Crippen LogP contribution >= 0.6 is 0 Å². The Morgan fingerprint density at radius 3 is 2.55 bits per heavy atom. The Labute approximate surface area is 117 Å². The molecule has 6 nitrogen and oxygen atoms in total. The van der Waals surface area contributed by atoms with Crippen LogP contribution in [0.2, 0.25) is 0 Å². The molecule has 0 amide bonds. The van der Waals surface area contributed by atoms with Gasteiger partial charge in [0.15, 0.2) is 5.65 Å². The summed E-state index contributed by atoms with van der Waals surface area (Å²) >= 11 is 0. The van der Waals surface area contributed by atoms with Crippen molar-refractivity contribution in [3.63, 3.8) is 0 Å². The lowest BCUT2D eigenvalue weighted by molar-refractivity contribution is 0.380. The molecule has 0 saturated heterocycles. The van der Waals surface area contributed by atoms with Crippen LogP contribution in [0.1, 0.15) is 39.8 Å². The zero-order valence-corrected chi connectivity index (χ0v) is 12.6. The summed E-state index contributed by atoms with van der Waals surface area (Å²) in [4.78, 5) is 25.4. The van der Waals surface area contributed by atoms with Gasteiger partial charge in [-0.05, 0) is 6.42 Å². The van der Waals surface area contributed by atoms with E-state index in [9.17, 15) is 4.79 Å². The van der Waals surface area contributed by atoms with Crippen LogP contribution in [0.15, 0.2) is 11.0 Å². The smallest absolute Gasteiger partial charge is 0.318 e. The summed E-state index contributed by atoms with van der Waals surface area (Å²) in [6, 6.07) is 0.243. The first-order valence-electron chi connectivity index (χ1n) is 6.70. The first-order chi connectivity index (χ1) is 9.38. The summed E-state index contributed by atoms with van der Waals surface area (Å²) in [6.07, 6.45) is 2.44. The van der Waals surface area contributed by atoms with E-state index in [2.05, 4.69) is 15.0 Å². The Kier molecular flexibility index (Phi) is 3.74. The Bertz CT molecular complexity index is 686. The Balaban J connectivity index is 2.83. The average molecular weight is 276 g/mol. The zero-order chi connectivity index (χ0) is 14.9. The number of fused-ring (bicyclic) bond motifs is 1. The molecule has 0 N–H and O–H groups in total. The lowest BCUT2D eigenvalue weighted by atomic mass is 9.92. The van der Waals surface area contributed by atoms with E-state index >= 15 is 0 Å². The fourth-order valence-electron chi connectivity index (χ4n) is 2.04. The predicted molar refractivity (Wildman–Crippen MR) is 77.1 cm³/mol. The van der Waals surface area contributed by atoms with Crippen molar-refractivity contribution >= 4 is 11.2 Å². The van der Waals surface area contributed by atoms with Crippen LogP contribution in [0, 0.1) is 0 Å². The van der Waals surface area contributed by atoms with Crippen molar-refractivity contribution in [2.45, 2.75) is 46.1 Å². The molecule has 0 bridgehead atoms. The van der Waals surface area contributed by atoms with E-state index < -0.39 is 0 Å². The molecule has 0 radical (unpaired) electrons. The van der Waals surface area contributed by atoms with Gasteiger partial charge in [-0.1, -0.05) is 27.7 Å². The van der Waals surface area contributed by atoms with Crippen LogP contribution in [0.5, 0.6) is 6.01 Å². The molecular formula is C14H20N4O2. The number of methoxy groups -OCH3 is 1. The molecule has 0 spiro atoms. The second-order valence-electron chi connectivity index (χ2n) is 5.73. The van der Waals surface area contributed by atoms with E-state index in [1.165, 1.54) is 7.11 Å². The van der Waals surface area contributed by atoms with E-state index in [1.807, 2.05) is 27.7 Å². The average Bonchev–Trinajstić information content (AvgIpc) is 2.40. The van der Waals surface area contributed by atoms with Crippen LogP contribution < -0.4 is 10.3 Å². The highest BCUT2D eigenvalue weighted by molar-refractivity contribution is 5.69. The Hall–Kier alpha value is -1.98. The van der Waals surface area contributed by atoms with Crippen molar-refractivity contribution in [2.75, 3.05) is 7.11 Å². The van der Waals surface area contributed by atoms with E-state index in [0.717, 1.165) is 6.42 Å². The quantitative estimate of drug-likeness (QED) is 0.856. The Morgan fingerprint density at radius 2 is 2.00 bits per heavy atom. The maximum Gasteiger partial charge on any atom is 0.318 e. The van der Waals surface area contributed by atoms with Gasteiger partial charge in [-0.25, -0.2) is 9.97 Å². The van der Waals surface area contributed by atoms with Crippen molar-refractivity contribution < 1.29 is 4.74 Å². The number of aryl methyl sites for hydroxylation is 1. The first-order valence-corrected chi connectivity index (χ1v) is 6.70. The predicted octanol–water partition coefficient (Wildman–Crippen LogP) is 1.90. The van der Waals surface area contributed by atoms with Crippen molar-refractivity contribution in [1.82, 2.24) is 19.5 Å². The van der Waals surface area contributed by atoms with Gasteiger partial charge < -0.3 is 4.74 Å². The molecule has 2 aromatic heterocycles. The van der Waals surface area contributed by atoms with Gasteiger partial charge in [0.2, 0.25) is 0 Å². The van der Waals surface area contributed by atoms with Gasteiger partial charge in [0.25, 0.3) is 5.56 Å². The Morgan fingerprint density at radius 1 is 1.30 bits per heavy atom. The molecule has 108 valence electrons. The molecule has 0 fully saturated rings. The summed E-state index contributed by atoms with van der Waals surface area (Å²) in [5.74, 6) is 0. The minimum Gasteiger partial charge on any atom is -0.467 e. The van der Waals surface area contributed by atoms with Crippen LogP contribution in [0.3, 0.4) is 0 Å². The molecular weight excluding hydrogens is 256 g/mol. The molecule has 0 aliphatic carbocycles. The number of aromatic nitrogens is 4. The molecule has 0 saturated carbocycles. The number of ether oxygens (including phenoxy) is 1. The first kappa shape index (κ1) is 14.4. The van der Waals surface area contributed by atoms with Gasteiger partial charge in [-0.2, -0.15) is 4.98 Å². The third-order valence-corrected chi connectivity index (χ3v) is 3.00. The molecule has 0 atom stereocenters. The second-order valence-corrected chi connectivity index (χ2v) is 5.73. The summed E-state index contributed by atoms with van der Waals surface area (Å²) in [7, 11) is 1.50. The molecule has 2 heterocycles. The summed E-state index contributed by atoms with van der Waals surface area (Å²) in [6.45, 7) is 8.55. The summed E-state index contributed by atoms with van der Waals surface area (Å²) in [5, 5.41) is 0. The third kappa shape index (κ3) is 2.50. The van der Waals surface area contributed by atoms with Gasteiger partial charge in [0.05, 0.1) is 13.3 Å². The fourth-order valence-corrected chi connectivity index (χ4v) is 2.04. The van der Waals surface area contributed by atoms with Crippen LogP contribution in [0.4, 0.5) is 0 Å². The van der Waals surface area contributed by atoms with Gasteiger partial charge in [0.1, 0.15) is 11.2 Å². The molecule has 0 unspecified atom stereocenters. The summed E-state index contributed by atoms with van der Waals surface area (Å²) < 4.78 is 6.69. The van der Waals surface area contributed by atoms with Gasteiger partial charge in [-0.3, -0.25) is 9.36 Å². The SMILES string of the molecule is CCCn1c(=O)c(C(C)(C)C)nc2cnc(OC)nc21. The van der Waals surface area contributed by atoms with Crippen molar-refractivity contribution in [3.8, 4) is 6.01 Å². The summed E-state index contributed by atoms with van der Waals surface area (Å²) in [5.41, 5.74) is 1.26. The van der Waals surface area contributed by atoms with E-state index in [4.69, 9.17) is 4.74 Å². The van der Waals surface area contributed by atoms with Crippen LogP contribution in [-0.4, -0.2) is 26.6 Å². The number of hydrogen-bond acceptors (Lipinski definition) is 5. The largest absolute Gasteiger partial charge is 0.467 e. The number of rotatable bonds is 3. The van der Waals surface area contributed by atoms with E-state index in [1.54, 1.807) is 10.8 Å². The molecule has 0 aromatic carbocycles. The van der Waals surface area contributed by atoms with Crippen molar-refractivity contribution in [1.29, 1.82) is 0 Å². The van der Waals surface area contributed by atoms with Gasteiger partial charge >= 0.3 is 6.01 Å². The lowest BCUT2D eigenvalue weighted by Gasteiger charge is -2.19. The number of nitrogens with zero attached hydrogens (tertiary/aromatic N) is 4. The normalized spacial score (nSPS) is 11.8. The van der Waals surface area contributed by atoms with Crippen molar-refractivity contribution in [3.05, 3.63) is 22.2 Å². The minimum absolute atomic E-state index is 0.0902. The molecule has 0 aliphatic heterocycles. The molecule has 2 aromatic rings. The zero-order valence-electron chi connectivity index (χ0n) is 12.6. The van der Waals surface area contributed by atoms with Crippen LogP contribution in [0.25, 0.3) is 11.2 Å². The third-order valence-electron chi connectivity index (χ3n) is 3.00. The standard InChI is InChI=1S/C14H20N4O2/c1-6-7-18-11-9(8-15-13(17-11)20-5)16-10(12(18)19)14(2,3)4/h8H,6-7H2,1-5H3. The maximum absolute atomic E-state index is 12.6. The van der Waals surface area contributed by atoms with E-state index in [-0.39, 0.29) is 17.0 Å². The maximum atomic E-state index is 12.6. The van der Waals surface area contributed by atoms with Gasteiger partial charge in [0, 0.05) is 12.0 Å².